The number of epoxide rings is 1. The van der Waals surface area contributed by atoms with Crippen molar-refractivity contribution in [2.24, 2.45) is 0 Å². The largest absolute Gasteiger partial charge is 0.528 e. The molecule has 0 aromatic rings. The number of rotatable bonds is 10. The minimum absolute atomic E-state index is 0.261. The SMILES string of the molecule is CCO[Si](COCC1CO1)(OCC)OCC. The number of ether oxygens (including phenoxy) is 2. The second kappa shape index (κ2) is 7.36. The van der Waals surface area contributed by atoms with Gasteiger partial charge in [-0.15, -0.1) is 0 Å². The predicted molar refractivity (Wildman–Crippen MR) is 61.2 cm³/mol. The quantitative estimate of drug-likeness (QED) is 0.427. The molecular weight excluding hydrogens is 228 g/mol. The molecule has 1 unspecified atom stereocenters. The van der Waals surface area contributed by atoms with Crippen molar-refractivity contribution in [3.63, 3.8) is 0 Å². The van der Waals surface area contributed by atoms with Crippen LogP contribution in [0.1, 0.15) is 20.8 Å². The molecule has 1 atom stereocenters. The monoisotopic (exact) mass is 250 g/mol. The Balaban J connectivity index is 2.36. The summed E-state index contributed by atoms with van der Waals surface area (Å²) >= 11 is 0. The molecule has 0 spiro atoms. The second-order valence-electron chi connectivity index (χ2n) is 3.45. The first-order valence-electron chi connectivity index (χ1n) is 5.87. The molecule has 0 aromatic carbocycles. The van der Waals surface area contributed by atoms with Crippen LogP contribution in [0.3, 0.4) is 0 Å². The van der Waals surface area contributed by atoms with Gasteiger partial charge in [-0.05, 0) is 20.8 Å². The molecule has 0 N–H and O–H groups in total. The molecular formula is C10H22O5Si. The Kier molecular flexibility index (Phi) is 6.48. The molecule has 96 valence electrons. The molecule has 1 rings (SSSR count). The summed E-state index contributed by atoms with van der Waals surface area (Å²) in [5.74, 6) is 0. The van der Waals surface area contributed by atoms with Crippen molar-refractivity contribution in [1.29, 1.82) is 0 Å². The maximum Gasteiger partial charge on any atom is 0.528 e. The predicted octanol–water partition coefficient (Wildman–Crippen LogP) is 0.989. The fraction of sp³-hybridized carbons (Fsp3) is 1.00. The summed E-state index contributed by atoms with van der Waals surface area (Å²) in [4.78, 5) is 0. The smallest absolute Gasteiger partial charge is 0.374 e. The van der Waals surface area contributed by atoms with E-state index < -0.39 is 8.80 Å². The van der Waals surface area contributed by atoms with Crippen molar-refractivity contribution in [1.82, 2.24) is 0 Å². The highest BCUT2D eigenvalue weighted by Gasteiger charge is 2.41. The van der Waals surface area contributed by atoms with Gasteiger partial charge in [0.2, 0.25) is 0 Å². The van der Waals surface area contributed by atoms with Gasteiger partial charge in [0.15, 0.2) is 0 Å². The molecule has 1 fully saturated rings. The Hall–Kier alpha value is 0.0169. The molecule has 0 bridgehead atoms. The van der Waals surface area contributed by atoms with Crippen molar-refractivity contribution in [3.05, 3.63) is 0 Å². The lowest BCUT2D eigenvalue weighted by atomic mass is 10.5. The zero-order valence-corrected chi connectivity index (χ0v) is 11.4. The molecule has 1 saturated heterocycles. The minimum Gasteiger partial charge on any atom is -0.374 e. The Morgan fingerprint density at radius 1 is 1.06 bits per heavy atom. The highest BCUT2D eigenvalue weighted by molar-refractivity contribution is 6.60. The van der Waals surface area contributed by atoms with Crippen LogP contribution in [0.25, 0.3) is 0 Å². The van der Waals surface area contributed by atoms with Crippen LogP contribution in [-0.2, 0) is 22.8 Å². The van der Waals surface area contributed by atoms with Gasteiger partial charge in [-0.1, -0.05) is 0 Å². The average Bonchev–Trinajstić information content (AvgIpc) is 3.03. The van der Waals surface area contributed by atoms with Gasteiger partial charge in [0.25, 0.3) is 0 Å². The van der Waals surface area contributed by atoms with Crippen molar-refractivity contribution in [2.75, 3.05) is 39.3 Å². The van der Waals surface area contributed by atoms with Gasteiger partial charge in [0.1, 0.15) is 12.3 Å². The molecule has 1 aliphatic rings. The number of hydrogen-bond acceptors (Lipinski definition) is 5. The maximum absolute atomic E-state index is 5.64. The minimum atomic E-state index is -2.61. The Morgan fingerprint density at radius 3 is 1.94 bits per heavy atom. The Labute approximate surface area is 98.3 Å². The lowest BCUT2D eigenvalue weighted by Gasteiger charge is -2.27. The van der Waals surface area contributed by atoms with E-state index in [1.165, 1.54) is 0 Å². The van der Waals surface area contributed by atoms with Crippen LogP contribution in [0.15, 0.2) is 0 Å². The third-order valence-electron chi connectivity index (χ3n) is 2.08. The van der Waals surface area contributed by atoms with E-state index in [2.05, 4.69) is 0 Å². The molecule has 0 amide bonds. The summed E-state index contributed by atoms with van der Waals surface area (Å²) < 4.78 is 27.5. The van der Waals surface area contributed by atoms with Gasteiger partial charge in [-0.2, -0.15) is 0 Å². The lowest BCUT2D eigenvalue weighted by Crippen LogP contribution is -2.51. The highest BCUT2D eigenvalue weighted by Crippen LogP contribution is 2.13. The highest BCUT2D eigenvalue weighted by atomic mass is 28.4. The van der Waals surface area contributed by atoms with E-state index in [0.29, 0.717) is 32.7 Å². The first kappa shape index (κ1) is 14.1. The van der Waals surface area contributed by atoms with E-state index in [1.54, 1.807) is 0 Å². The van der Waals surface area contributed by atoms with E-state index in [4.69, 9.17) is 22.8 Å². The molecule has 1 heterocycles. The normalized spacial score (nSPS) is 20.1. The summed E-state index contributed by atoms with van der Waals surface area (Å²) in [6, 6.07) is 0. The second-order valence-corrected chi connectivity index (χ2v) is 5.97. The summed E-state index contributed by atoms with van der Waals surface area (Å²) in [6.07, 6.45) is 0.666. The van der Waals surface area contributed by atoms with Crippen LogP contribution in [0, 0.1) is 0 Å². The summed E-state index contributed by atoms with van der Waals surface area (Å²) in [7, 11) is -2.61. The van der Waals surface area contributed by atoms with E-state index >= 15 is 0 Å². The molecule has 5 nitrogen and oxygen atoms in total. The van der Waals surface area contributed by atoms with Crippen LogP contribution < -0.4 is 0 Å². The summed E-state index contributed by atoms with van der Waals surface area (Å²) in [5.41, 5.74) is 0. The van der Waals surface area contributed by atoms with Gasteiger partial charge in [0, 0.05) is 19.8 Å². The summed E-state index contributed by atoms with van der Waals surface area (Å²) in [6.45, 7) is 8.94. The van der Waals surface area contributed by atoms with Crippen molar-refractivity contribution >= 4 is 8.80 Å². The third-order valence-corrected chi connectivity index (χ3v) is 4.82. The molecule has 0 radical (unpaired) electrons. The fourth-order valence-corrected chi connectivity index (χ4v) is 3.58. The lowest BCUT2D eigenvalue weighted by molar-refractivity contribution is 0.0273. The molecule has 0 saturated carbocycles. The molecule has 16 heavy (non-hydrogen) atoms. The topological polar surface area (TPSA) is 49.5 Å². The first-order chi connectivity index (χ1) is 7.76. The zero-order chi connectivity index (χ0) is 11.9. The fourth-order valence-electron chi connectivity index (χ4n) is 1.39. The first-order valence-corrected chi connectivity index (χ1v) is 7.80. The Bertz CT molecular complexity index is 169. The van der Waals surface area contributed by atoms with Crippen LogP contribution in [0.2, 0.25) is 0 Å². The van der Waals surface area contributed by atoms with E-state index in [-0.39, 0.29) is 6.10 Å². The molecule has 1 aliphatic heterocycles. The van der Waals surface area contributed by atoms with Crippen LogP contribution >= 0.6 is 0 Å². The van der Waals surface area contributed by atoms with E-state index in [0.717, 1.165) is 6.61 Å². The van der Waals surface area contributed by atoms with Gasteiger partial charge in [-0.25, -0.2) is 0 Å². The van der Waals surface area contributed by atoms with E-state index in [1.807, 2.05) is 20.8 Å². The summed E-state index contributed by atoms with van der Waals surface area (Å²) in [5, 5.41) is 0. The molecule has 0 aliphatic carbocycles. The Morgan fingerprint density at radius 2 is 1.56 bits per heavy atom. The maximum atomic E-state index is 5.64. The standard InChI is InChI=1S/C10H22O5Si/c1-4-13-16(14-5-2,15-6-3)9-11-7-10-8-12-10/h10H,4-9H2,1-3H3. The molecule has 0 aromatic heterocycles. The zero-order valence-electron chi connectivity index (χ0n) is 10.4. The molecule has 6 heteroatoms. The van der Waals surface area contributed by atoms with Crippen LogP contribution in [0.5, 0.6) is 0 Å². The van der Waals surface area contributed by atoms with E-state index in [9.17, 15) is 0 Å². The van der Waals surface area contributed by atoms with Crippen molar-refractivity contribution < 1.29 is 22.8 Å². The van der Waals surface area contributed by atoms with Gasteiger partial charge < -0.3 is 22.8 Å². The van der Waals surface area contributed by atoms with Crippen molar-refractivity contribution in [2.45, 2.75) is 26.9 Å². The average molecular weight is 250 g/mol. The van der Waals surface area contributed by atoms with Crippen molar-refractivity contribution in [3.8, 4) is 0 Å². The van der Waals surface area contributed by atoms with Gasteiger partial charge in [-0.3, -0.25) is 0 Å². The third kappa shape index (κ3) is 4.90. The number of hydrogen-bond donors (Lipinski definition) is 0. The van der Waals surface area contributed by atoms with Crippen LogP contribution in [0.4, 0.5) is 0 Å². The van der Waals surface area contributed by atoms with Gasteiger partial charge >= 0.3 is 8.80 Å². The van der Waals surface area contributed by atoms with Gasteiger partial charge in [0.05, 0.1) is 13.2 Å². The van der Waals surface area contributed by atoms with Crippen LogP contribution in [-0.4, -0.2) is 54.2 Å².